The molecule has 1 fully saturated rings. The molecular formula is C23H36BrNO5SSi. The molecule has 32 heavy (non-hydrogen) atoms. The Kier molecular flexibility index (Phi) is 7.97. The van der Waals surface area contributed by atoms with Gasteiger partial charge in [-0.2, -0.15) is 0 Å². The lowest BCUT2D eigenvalue weighted by molar-refractivity contribution is -0.150. The van der Waals surface area contributed by atoms with Crippen molar-refractivity contribution in [3.63, 3.8) is 0 Å². The molecule has 180 valence electrons. The molecule has 0 saturated heterocycles. The number of halogens is 1. The number of fused-ring (bicyclic) bond motifs is 1. The van der Waals surface area contributed by atoms with Gasteiger partial charge in [-0.25, -0.2) is 8.42 Å². The minimum absolute atomic E-state index is 0.128. The molecule has 0 bridgehead atoms. The summed E-state index contributed by atoms with van der Waals surface area (Å²) in [6.45, 7) is 8.71. The SMILES string of the molecule is CCOC(=O)C1c2cc(Br)ccc2CC12CCC(N(OC)S(=O)(=O)CC[Si](C)(C)C)CC2. The number of nitrogens with zero attached hydrogens (tertiary/aromatic N) is 1. The molecule has 1 unspecified atom stereocenters. The van der Waals surface area contributed by atoms with Gasteiger partial charge in [0.05, 0.1) is 31.4 Å². The normalized spacial score (nSPS) is 25.8. The smallest absolute Gasteiger partial charge is 0.313 e. The number of hydrogen-bond acceptors (Lipinski definition) is 5. The van der Waals surface area contributed by atoms with Crippen LogP contribution < -0.4 is 0 Å². The van der Waals surface area contributed by atoms with Gasteiger partial charge in [0.2, 0.25) is 10.0 Å². The van der Waals surface area contributed by atoms with Gasteiger partial charge in [0, 0.05) is 12.5 Å². The highest BCUT2D eigenvalue weighted by atomic mass is 79.9. The fourth-order valence-electron chi connectivity index (χ4n) is 5.28. The largest absolute Gasteiger partial charge is 0.466 e. The number of hydroxylamine groups is 1. The van der Waals surface area contributed by atoms with Crippen LogP contribution in [-0.2, 0) is 30.8 Å². The zero-order valence-corrected chi connectivity index (χ0v) is 23.2. The van der Waals surface area contributed by atoms with E-state index in [4.69, 9.17) is 9.57 Å². The molecule has 6 nitrogen and oxygen atoms in total. The first-order valence-corrected chi connectivity index (χ1v) is 17.5. The van der Waals surface area contributed by atoms with E-state index >= 15 is 0 Å². The summed E-state index contributed by atoms with van der Waals surface area (Å²) in [5.74, 6) is -0.354. The predicted molar refractivity (Wildman–Crippen MR) is 133 cm³/mol. The number of rotatable bonds is 8. The molecular weight excluding hydrogens is 510 g/mol. The van der Waals surface area contributed by atoms with Gasteiger partial charge in [-0.15, -0.1) is 0 Å². The van der Waals surface area contributed by atoms with Crippen molar-refractivity contribution in [2.24, 2.45) is 5.41 Å². The number of carbonyl (C=O) groups is 1. The summed E-state index contributed by atoms with van der Waals surface area (Å²) in [6, 6.07) is 6.66. The van der Waals surface area contributed by atoms with Crippen LogP contribution in [0.15, 0.2) is 22.7 Å². The Labute approximate surface area is 202 Å². The number of ether oxygens (including phenoxy) is 1. The third kappa shape index (κ3) is 5.49. The van der Waals surface area contributed by atoms with Crippen LogP contribution >= 0.6 is 15.9 Å². The quantitative estimate of drug-likeness (QED) is 0.257. The number of hydrogen-bond donors (Lipinski definition) is 0. The van der Waals surface area contributed by atoms with E-state index in [9.17, 15) is 13.2 Å². The fraction of sp³-hybridized carbons (Fsp3) is 0.696. The van der Waals surface area contributed by atoms with Crippen molar-refractivity contribution in [1.29, 1.82) is 0 Å². The van der Waals surface area contributed by atoms with Crippen LogP contribution in [0, 0.1) is 5.41 Å². The Hall–Kier alpha value is -0.743. The number of carbonyl (C=O) groups excluding carboxylic acids is 1. The average molecular weight is 547 g/mol. The first-order chi connectivity index (χ1) is 14.9. The number of esters is 1. The van der Waals surface area contributed by atoms with Gasteiger partial charge in [-0.05, 0) is 73.7 Å². The van der Waals surface area contributed by atoms with E-state index in [1.54, 1.807) is 0 Å². The van der Waals surface area contributed by atoms with Crippen molar-refractivity contribution in [2.75, 3.05) is 19.5 Å². The summed E-state index contributed by atoms with van der Waals surface area (Å²) >= 11 is 3.54. The van der Waals surface area contributed by atoms with Crippen LogP contribution in [0.2, 0.25) is 25.7 Å². The molecule has 2 aliphatic carbocycles. The molecule has 0 N–H and O–H groups in total. The van der Waals surface area contributed by atoms with Gasteiger partial charge in [0.15, 0.2) is 0 Å². The van der Waals surface area contributed by atoms with E-state index in [0.717, 1.165) is 29.3 Å². The molecule has 1 aromatic carbocycles. The highest BCUT2D eigenvalue weighted by molar-refractivity contribution is 9.10. The predicted octanol–water partition coefficient (Wildman–Crippen LogP) is 5.11. The highest BCUT2D eigenvalue weighted by Gasteiger charge is 2.53. The van der Waals surface area contributed by atoms with Crippen molar-refractivity contribution in [3.05, 3.63) is 33.8 Å². The summed E-state index contributed by atoms with van der Waals surface area (Å²) < 4.78 is 33.8. The van der Waals surface area contributed by atoms with Gasteiger partial charge < -0.3 is 4.74 Å². The van der Waals surface area contributed by atoms with Gasteiger partial charge in [-0.3, -0.25) is 9.63 Å². The maximum Gasteiger partial charge on any atom is 0.313 e. The molecule has 1 spiro atoms. The summed E-state index contributed by atoms with van der Waals surface area (Å²) in [7, 11) is -3.53. The Morgan fingerprint density at radius 3 is 2.47 bits per heavy atom. The van der Waals surface area contributed by atoms with Crippen molar-refractivity contribution >= 4 is 40.0 Å². The lowest BCUT2D eigenvalue weighted by atomic mass is 9.65. The van der Waals surface area contributed by atoms with Gasteiger partial charge in [0.1, 0.15) is 0 Å². The minimum atomic E-state index is -3.49. The summed E-state index contributed by atoms with van der Waals surface area (Å²) in [5, 5.41) is 0. The molecule has 0 heterocycles. The molecule has 0 amide bonds. The zero-order valence-electron chi connectivity index (χ0n) is 19.8. The first kappa shape index (κ1) is 25.9. The number of sulfonamides is 1. The van der Waals surface area contributed by atoms with Gasteiger partial charge >= 0.3 is 5.97 Å². The van der Waals surface area contributed by atoms with E-state index in [1.165, 1.54) is 17.1 Å². The molecule has 3 rings (SSSR count). The van der Waals surface area contributed by atoms with E-state index in [-0.39, 0.29) is 29.1 Å². The van der Waals surface area contributed by atoms with Crippen molar-refractivity contribution in [1.82, 2.24) is 4.47 Å². The maximum atomic E-state index is 13.0. The molecule has 0 aliphatic heterocycles. The Bertz CT molecular complexity index is 938. The standard InChI is InChI=1S/C23H36BrNO5SSi/c1-6-30-22(26)21-20-15-18(24)8-7-17(20)16-23(21)11-9-19(10-12-23)25(29-2)31(27,28)13-14-32(3,4)5/h7-8,15,19,21H,6,9-14,16H2,1-5H3. The average Bonchev–Trinajstić information content (AvgIpc) is 3.01. The molecule has 0 radical (unpaired) electrons. The second kappa shape index (κ2) is 9.86. The molecule has 1 saturated carbocycles. The van der Waals surface area contributed by atoms with Crippen LogP contribution in [0.1, 0.15) is 49.7 Å². The van der Waals surface area contributed by atoms with Crippen LogP contribution in [0.3, 0.4) is 0 Å². The van der Waals surface area contributed by atoms with E-state index < -0.39 is 18.1 Å². The highest BCUT2D eigenvalue weighted by Crippen LogP contribution is 2.56. The van der Waals surface area contributed by atoms with Crippen molar-refractivity contribution in [2.45, 2.75) is 76.7 Å². The Morgan fingerprint density at radius 1 is 1.25 bits per heavy atom. The van der Waals surface area contributed by atoms with Crippen LogP contribution in [0.25, 0.3) is 0 Å². The summed E-state index contributed by atoms with van der Waals surface area (Å²) in [4.78, 5) is 18.5. The minimum Gasteiger partial charge on any atom is -0.466 e. The van der Waals surface area contributed by atoms with E-state index in [0.29, 0.717) is 25.5 Å². The van der Waals surface area contributed by atoms with Gasteiger partial charge in [-0.1, -0.05) is 46.1 Å². The molecule has 2 aliphatic rings. The van der Waals surface area contributed by atoms with Crippen LogP contribution in [0.4, 0.5) is 0 Å². The van der Waals surface area contributed by atoms with E-state index in [1.807, 2.05) is 19.1 Å². The second-order valence-electron chi connectivity index (χ2n) is 10.4. The Balaban J connectivity index is 1.80. The third-order valence-corrected chi connectivity index (χ3v) is 11.2. The number of benzene rings is 1. The monoisotopic (exact) mass is 545 g/mol. The first-order valence-electron chi connectivity index (χ1n) is 11.4. The van der Waals surface area contributed by atoms with Crippen molar-refractivity contribution in [3.8, 4) is 0 Å². The lowest BCUT2D eigenvalue weighted by Crippen LogP contribution is -2.46. The molecule has 0 aromatic heterocycles. The van der Waals surface area contributed by atoms with E-state index in [2.05, 4.69) is 41.6 Å². The van der Waals surface area contributed by atoms with Crippen molar-refractivity contribution < 1.29 is 22.8 Å². The molecule has 9 heteroatoms. The Morgan fingerprint density at radius 2 is 1.91 bits per heavy atom. The molecule has 1 aromatic rings. The van der Waals surface area contributed by atoms with Crippen LogP contribution in [0.5, 0.6) is 0 Å². The molecule has 1 atom stereocenters. The van der Waals surface area contributed by atoms with Gasteiger partial charge in [0.25, 0.3) is 0 Å². The summed E-state index contributed by atoms with van der Waals surface area (Å²) in [5.41, 5.74) is 2.01. The lowest BCUT2D eigenvalue weighted by Gasteiger charge is -2.43. The topological polar surface area (TPSA) is 72.9 Å². The third-order valence-electron chi connectivity index (χ3n) is 6.91. The second-order valence-corrected chi connectivity index (χ2v) is 18.8. The summed E-state index contributed by atoms with van der Waals surface area (Å²) in [6.07, 6.45) is 3.69. The zero-order chi connectivity index (χ0) is 23.7. The fourth-order valence-corrected chi connectivity index (χ4v) is 10.2. The maximum absolute atomic E-state index is 13.0. The van der Waals surface area contributed by atoms with Crippen LogP contribution in [-0.4, -0.2) is 52.4 Å².